The minimum Gasteiger partial charge on any atom is -0.348 e. The molecule has 3 N–H and O–H groups in total. The van der Waals surface area contributed by atoms with Crippen LogP contribution in [0.4, 0.5) is 11.4 Å². The lowest BCUT2D eigenvalue weighted by atomic mass is 10.1. The summed E-state index contributed by atoms with van der Waals surface area (Å²) in [5, 5.41) is 8.28. The predicted molar refractivity (Wildman–Crippen MR) is 120 cm³/mol. The Morgan fingerprint density at radius 1 is 0.839 bits per heavy atom. The number of rotatable bonds is 7. The summed E-state index contributed by atoms with van der Waals surface area (Å²) in [5.74, 6) is -0.627. The molecule has 0 aliphatic heterocycles. The van der Waals surface area contributed by atoms with Crippen LogP contribution in [0.3, 0.4) is 0 Å². The molecule has 0 aliphatic rings. The first-order chi connectivity index (χ1) is 15.0. The van der Waals surface area contributed by atoms with Gasteiger partial charge in [-0.05, 0) is 65.7 Å². The molecule has 1 aromatic heterocycles. The van der Waals surface area contributed by atoms with E-state index in [4.69, 9.17) is 0 Å². The van der Waals surface area contributed by atoms with E-state index in [1.165, 1.54) is 13.0 Å². The molecule has 3 rings (SSSR count). The first kappa shape index (κ1) is 21.4. The lowest BCUT2D eigenvalue weighted by Gasteiger charge is -2.07. The van der Waals surface area contributed by atoms with Crippen molar-refractivity contribution < 1.29 is 14.4 Å². The zero-order valence-electron chi connectivity index (χ0n) is 17.0. The maximum atomic E-state index is 12.2. The molecule has 0 unspecified atom stereocenters. The van der Waals surface area contributed by atoms with E-state index in [0.29, 0.717) is 23.5 Å². The van der Waals surface area contributed by atoms with Gasteiger partial charge in [-0.3, -0.25) is 19.4 Å². The summed E-state index contributed by atoms with van der Waals surface area (Å²) in [6, 6.07) is 17.5. The molecule has 1 heterocycles. The Hall–Kier alpha value is -4.26. The summed E-state index contributed by atoms with van der Waals surface area (Å²) < 4.78 is 0. The lowest BCUT2D eigenvalue weighted by molar-refractivity contribution is -0.114. The molecular weight excluding hydrogens is 392 g/mol. The summed E-state index contributed by atoms with van der Waals surface area (Å²) >= 11 is 0. The van der Waals surface area contributed by atoms with Crippen LogP contribution in [0.1, 0.15) is 28.4 Å². The topological polar surface area (TPSA) is 100 Å². The largest absolute Gasteiger partial charge is 0.348 e. The molecule has 3 amide bonds. The summed E-state index contributed by atoms with van der Waals surface area (Å²) in [6.07, 6.45) is 6.44. The number of nitrogens with zero attached hydrogens (tertiary/aromatic N) is 1. The van der Waals surface area contributed by atoms with E-state index in [1.54, 1.807) is 67.0 Å². The molecule has 7 nitrogen and oxygen atoms in total. The zero-order chi connectivity index (χ0) is 22.1. The zero-order valence-corrected chi connectivity index (χ0v) is 17.0. The maximum absolute atomic E-state index is 12.2. The Morgan fingerprint density at radius 2 is 1.45 bits per heavy atom. The van der Waals surface area contributed by atoms with Crippen molar-refractivity contribution in [3.8, 4) is 0 Å². The highest BCUT2D eigenvalue weighted by Gasteiger charge is 2.06. The molecule has 3 aromatic rings. The second kappa shape index (κ2) is 10.5. The first-order valence-electron chi connectivity index (χ1n) is 9.63. The highest BCUT2D eigenvalue weighted by molar-refractivity contribution is 6.02. The van der Waals surface area contributed by atoms with E-state index in [0.717, 1.165) is 11.1 Å². The van der Waals surface area contributed by atoms with Gasteiger partial charge in [-0.1, -0.05) is 12.1 Å². The van der Waals surface area contributed by atoms with Crippen molar-refractivity contribution in [2.24, 2.45) is 0 Å². The van der Waals surface area contributed by atoms with Gasteiger partial charge in [0.05, 0.1) is 0 Å². The average molecular weight is 414 g/mol. The fourth-order valence-corrected chi connectivity index (χ4v) is 2.73. The van der Waals surface area contributed by atoms with E-state index in [1.807, 2.05) is 12.1 Å². The number of nitrogens with one attached hydrogen (secondary N) is 3. The fourth-order valence-electron chi connectivity index (χ4n) is 2.73. The van der Waals surface area contributed by atoms with Gasteiger partial charge in [0, 0.05) is 48.9 Å². The van der Waals surface area contributed by atoms with Crippen LogP contribution in [0.2, 0.25) is 0 Å². The number of carbonyl (C=O) groups excluding carboxylic acids is 3. The fraction of sp³-hybridized carbons (Fsp3) is 0.0833. The van der Waals surface area contributed by atoms with Crippen LogP contribution in [0.5, 0.6) is 0 Å². The number of amides is 3. The molecular formula is C24H22N4O3. The summed E-state index contributed by atoms with van der Waals surface area (Å²) in [6.45, 7) is 1.86. The molecule has 0 radical (unpaired) electrons. The summed E-state index contributed by atoms with van der Waals surface area (Å²) in [4.78, 5) is 39.4. The lowest BCUT2D eigenvalue weighted by Crippen LogP contribution is -2.22. The Morgan fingerprint density at radius 3 is 2.10 bits per heavy atom. The Kier molecular flexibility index (Phi) is 7.26. The number of benzene rings is 2. The third-order valence-electron chi connectivity index (χ3n) is 4.28. The van der Waals surface area contributed by atoms with E-state index in [2.05, 4.69) is 20.9 Å². The predicted octanol–water partition coefficient (Wildman–Crippen LogP) is 3.62. The second-order valence-corrected chi connectivity index (χ2v) is 6.74. The van der Waals surface area contributed by atoms with E-state index < -0.39 is 0 Å². The van der Waals surface area contributed by atoms with Gasteiger partial charge in [0.25, 0.3) is 5.91 Å². The molecule has 31 heavy (non-hydrogen) atoms. The van der Waals surface area contributed by atoms with Gasteiger partial charge in [-0.25, -0.2) is 0 Å². The summed E-state index contributed by atoms with van der Waals surface area (Å²) in [5.41, 5.74) is 3.57. The van der Waals surface area contributed by atoms with Crippen LogP contribution >= 0.6 is 0 Å². The van der Waals surface area contributed by atoms with Gasteiger partial charge < -0.3 is 16.0 Å². The molecule has 0 bridgehead atoms. The maximum Gasteiger partial charge on any atom is 0.251 e. The third-order valence-corrected chi connectivity index (χ3v) is 4.28. The van der Waals surface area contributed by atoms with Crippen molar-refractivity contribution >= 4 is 35.2 Å². The van der Waals surface area contributed by atoms with Crippen LogP contribution in [0.15, 0.2) is 79.1 Å². The van der Waals surface area contributed by atoms with Crippen LogP contribution in [-0.2, 0) is 16.1 Å². The molecule has 0 saturated heterocycles. The molecule has 7 heteroatoms. The Balaban J connectivity index is 1.50. The van der Waals surface area contributed by atoms with Crippen molar-refractivity contribution in [3.63, 3.8) is 0 Å². The van der Waals surface area contributed by atoms with Crippen molar-refractivity contribution in [1.29, 1.82) is 0 Å². The number of aromatic nitrogens is 1. The van der Waals surface area contributed by atoms with Gasteiger partial charge in [-0.15, -0.1) is 0 Å². The van der Waals surface area contributed by atoms with Crippen molar-refractivity contribution in [2.75, 3.05) is 10.6 Å². The highest BCUT2D eigenvalue weighted by Crippen LogP contribution is 2.12. The monoisotopic (exact) mass is 414 g/mol. The molecule has 2 aromatic carbocycles. The normalized spacial score (nSPS) is 10.5. The number of anilines is 2. The van der Waals surface area contributed by atoms with Gasteiger partial charge in [0.2, 0.25) is 11.8 Å². The van der Waals surface area contributed by atoms with Crippen LogP contribution in [0.25, 0.3) is 6.08 Å². The minimum atomic E-state index is -0.291. The van der Waals surface area contributed by atoms with Gasteiger partial charge in [-0.2, -0.15) is 0 Å². The van der Waals surface area contributed by atoms with E-state index in [9.17, 15) is 14.4 Å². The SMILES string of the molecule is CC(=O)Nc1ccc(C=CC(=O)Nc2ccc(C(=O)NCc3ccncc3)cc2)cc1. The molecule has 0 spiro atoms. The van der Waals surface area contributed by atoms with Gasteiger partial charge in [0.15, 0.2) is 0 Å². The summed E-state index contributed by atoms with van der Waals surface area (Å²) in [7, 11) is 0. The highest BCUT2D eigenvalue weighted by atomic mass is 16.2. The number of hydrogen-bond acceptors (Lipinski definition) is 4. The van der Waals surface area contributed by atoms with Crippen LogP contribution < -0.4 is 16.0 Å². The number of carbonyl (C=O) groups is 3. The Bertz CT molecular complexity index is 1080. The van der Waals surface area contributed by atoms with Crippen molar-refractivity contribution in [1.82, 2.24) is 10.3 Å². The molecule has 0 aliphatic carbocycles. The molecule has 0 saturated carbocycles. The smallest absolute Gasteiger partial charge is 0.251 e. The van der Waals surface area contributed by atoms with Gasteiger partial charge >= 0.3 is 0 Å². The molecule has 0 fully saturated rings. The van der Waals surface area contributed by atoms with Crippen LogP contribution in [0, 0.1) is 0 Å². The quantitative estimate of drug-likeness (QED) is 0.514. The third kappa shape index (κ3) is 6.93. The van der Waals surface area contributed by atoms with Crippen LogP contribution in [-0.4, -0.2) is 22.7 Å². The van der Waals surface area contributed by atoms with Gasteiger partial charge in [0.1, 0.15) is 0 Å². The average Bonchev–Trinajstić information content (AvgIpc) is 2.78. The number of pyridine rings is 1. The minimum absolute atomic E-state index is 0.139. The Labute approximate surface area is 180 Å². The van der Waals surface area contributed by atoms with Crippen molar-refractivity contribution in [2.45, 2.75) is 13.5 Å². The van der Waals surface area contributed by atoms with E-state index >= 15 is 0 Å². The first-order valence-corrected chi connectivity index (χ1v) is 9.63. The molecule has 156 valence electrons. The van der Waals surface area contributed by atoms with E-state index in [-0.39, 0.29) is 17.7 Å². The molecule has 0 atom stereocenters. The standard InChI is InChI=1S/C24H22N4O3/c1-17(29)27-21-7-2-18(3-8-21)4-11-23(30)28-22-9-5-20(6-10-22)24(31)26-16-19-12-14-25-15-13-19/h2-15H,16H2,1H3,(H,26,31)(H,27,29)(H,28,30). The second-order valence-electron chi connectivity index (χ2n) is 6.74. The van der Waals surface area contributed by atoms with Crippen molar-refractivity contribution in [3.05, 3.63) is 95.8 Å². The number of hydrogen-bond donors (Lipinski definition) is 3.